The van der Waals surface area contributed by atoms with Gasteiger partial charge < -0.3 is 24.8 Å². The highest BCUT2D eigenvalue weighted by Crippen LogP contribution is 2.24. The number of nitrogens with zero attached hydrogens (tertiary/aromatic N) is 3. The van der Waals surface area contributed by atoms with E-state index in [2.05, 4.69) is 22.3 Å². The Morgan fingerprint density at radius 2 is 1.68 bits per heavy atom. The molecule has 0 spiro atoms. The van der Waals surface area contributed by atoms with E-state index in [-0.39, 0.29) is 24.1 Å². The number of nitrogens with one attached hydrogen (secondary N) is 1. The standard InChI is InChI=1S/C24H31FN4O2/c1-18-16-29(17-19(2)31-18)23-9-8-20(14-22(23)25)15-26-24(30)28-12-10-27(11-13-28)21-6-4-3-5-7-21/h3-9,14,18-19H,10-13,15-17H2,1-2H3,(H,26,30). The Balaban J connectivity index is 1.28. The second-order valence-electron chi connectivity index (χ2n) is 8.42. The Kier molecular flexibility index (Phi) is 6.61. The van der Waals surface area contributed by atoms with Gasteiger partial charge in [0.2, 0.25) is 0 Å². The van der Waals surface area contributed by atoms with Gasteiger partial charge >= 0.3 is 6.03 Å². The summed E-state index contributed by atoms with van der Waals surface area (Å²) in [7, 11) is 0. The predicted octanol–water partition coefficient (Wildman–Crippen LogP) is 3.47. The third kappa shape index (κ3) is 5.28. The number of benzene rings is 2. The lowest BCUT2D eigenvalue weighted by molar-refractivity contribution is -0.00539. The minimum absolute atomic E-state index is 0.0736. The molecule has 4 rings (SSSR count). The van der Waals surface area contributed by atoms with Crippen LogP contribution in [0.5, 0.6) is 0 Å². The minimum Gasteiger partial charge on any atom is -0.372 e. The second kappa shape index (κ2) is 9.56. The predicted molar refractivity (Wildman–Crippen MR) is 121 cm³/mol. The van der Waals surface area contributed by atoms with E-state index in [4.69, 9.17) is 4.74 Å². The molecular formula is C24H31FN4O2. The Labute approximate surface area is 183 Å². The van der Waals surface area contributed by atoms with Gasteiger partial charge in [-0.2, -0.15) is 0 Å². The van der Waals surface area contributed by atoms with Crippen LogP contribution in [0.15, 0.2) is 48.5 Å². The van der Waals surface area contributed by atoms with E-state index >= 15 is 0 Å². The van der Waals surface area contributed by atoms with E-state index in [0.717, 1.165) is 18.7 Å². The Morgan fingerprint density at radius 1 is 1.00 bits per heavy atom. The molecule has 2 saturated heterocycles. The summed E-state index contributed by atoms with van der Waals surface area (Å²) >= 11 is 0. The van der Waals surface area contributed by atoms with Crippen LogP contribution in [0.4, 0.5) is 20.6 Å². The van der Waals surface area contributed by atoms with Gasteiger partial charge in [-0.3, -0.25) is 0 Å². The number of amides is 2. The normalized spacial score (nSPS) is 21.8. The van der Waals surface area contributed by atoms with Crippen LogP contribution in [0.25, 0.3) is 0 Å². The van der Waals surface area contributed by atoms with Crippen molar-refractivity contribution < 1.29 is 13.9 Å². The number of hydrogen-bond acceptors (Lipinski definition) is 4. The van der Waals surface area contributed by atoms with Gasteiger partial charge in [0.1, 0.15) is 5.82 Å². The molecule has 1 N–H and O–H groups in total. The summed E-state index contributed by atoms with van der Waals surface area (Å²) in [4.78, 5) is 18.7. The molecule has 31 heavy (non-hydrogen) atoms. The van der Waals surface area contributed by atoms with Crippen LogP contribution >= 0.6 is 0 Å². The molecule has 166 valence electrons. The van der Waals surface area contributed by atoms with Crippen molar-refractivity contribution in [3.63, 3.8) is 0 Å². The van der Waals surface area contributed by atoms with Crippen molar-refractivity contribution in [3.8, 4) is 0 Å². The molecule has 0 radical (unpaired) electrons. The average molecular weight is 427 g/mol. The Bertz CT molecular complexity index is 876. The highest BCUT2D eigenvalue weighted by molar-refractivity contribution is 5.74. The zero-order chi connectivity index (χ0) is 21.8. The van der Waals surface area contributed by atoms with Crippen molar-refractivity contribution >= 4 is 17.4 Å². The molecule has 2 aliphatic rings. The smallest absolute Gasteiger partial charge is 0.317 e. The van der Waals surface area contributed by atoms with Gasteiger partial charge in [-0.25, -0.2) is 9.18 Å². The van der Waals surface area contributed by atoms with Crippen LogP contribution < -0.4 is 15.1 Å². The van der Waals surface area contributed by atoms with E-state index in [1.807, 2.05) is 47.9 Å². The quantitative estimate of drug-likeness (QED) is 0.813. The number of carbonyl (C=O) groups is 1. The summed E-state index contributed by atoms with van der Waals surface area (Å²) in [5, 5.41) is 2.93. The van der Waals surface area contributed by atoms with Gasteiger partial charge in [-0.15, -0.1) is 0 Å². The van der Waals surface area contributed by atoms with Crippen molar-refractivity contribution in [1.29, 1.82) is 0 Å². The molecule has 2 atom stereocenters. The Morgan fingerprint density at radius 3 is 2.32 bits per heavy atom. The number of para-hydroxylation sites is 1. The van der Waals surface area contributed by atoms with Crippen molar-refractivity contribution in [2.45, 2.75) is 32.6 Å². The third-order valence-electron chi connectivity index (χ3n) is 5.90. The van der Waals surface area contributed by atoms with Crippen LogP contribution in [-0.2, 0) is 11.3 Å². The van der Waals surface area contributed by atoms with Gasteiger partial charge in [-0.05, 0) is 43.7 Å². The number of ether oxygens (including phenoxy) is 1. The molecule has 2 aromatic carbocycles. The summed E-state index contributed by atoms with van der Waals surface area (Å²) in [6.45, 7) is 8.61. The monoisotopic (exact) mass is 426 g/mol. The zero-order valence-corrected chi connectivity index (χ0v) is 18.3. The van der Waals surface area contributed by atoms with E-state index in [1.54, 1.807) is 6.07 Å². The molecular weight excluding hydrogens is 395 g/mol. The number of morpholine rings is 1. The van der Waals surface area contributed by atoms with Gasteiger partial charge in [0.15, 0.2) is 0 Å². The first-order valence-electron chi connectivity index (χ1n) is 11.0. The lowest BCUT2D eigenvalue weighted by Crippen LogP contribution is -2.51. The van der Waals surface area contributed by atoms with Crippen LogP contribution in [-0.4, -0.2) is 62.4 Å². The number of hydrogen-bond donors (Lipinski definition) is 1. The highest BCUT2D eigenvalue weighted by atomic mass is 19.1. The average Bonchev–Trinajstić information content (AvgIpc) is 2.77. The van der Waals surface area contributed by atoms with Gasteiger partial charge in [0, 0.05) is 51.5 Å². The fourth-order valence-electron chi connectivity index (χ4n) is 4.39. The lowest BCUT2D eigenvalue weighted by atomic mass is 10.1. The van der Waals surface area contributed by atoms with Gasteiger partial charge in [-0.1, -0.05) is 24.3 Å². The second-order valence-corrected chi connectivity index (χ2v) is 8.42. The number of piperazine rings is 1. The topological polar surface area (TPSA) is 48.1 Å². The molecule has 2 amide bonds. The third-order valence-corrected chi connectivity index (χ3v) is 5.90. The molecule has 0 aromatic heterocycles. The molecule has 2 fully saturated rings. The minimum atomic E-state index is -0.260. The lowest BCUT2D eigenvalue weighted by Gasteiger charge is -2.37. The maximum absolute atomic E-state index is 14.8. The molecule has 0 aliphatic carbocycles. The largest absolute Gasteiger partial charge is 0.372 e. The Hall–Kier alpha value is -2.80. The van der Waals surface area contributed by atoms with Crippen molar-refractivity contribution in [2.24, 2.45) is 0 Å². The van der Waals surface area contributed by atoms with E-state index in [9.17, 15) is 9.18 Å². The summed E-state index contributed by atoms with van der Waals surface area (Å²) in [5.74, 6) is -0.260. The highest BCUT2D eigenvalue weighted by Gasteiger charge is 2.25. The van der Waals surface area contributed by atoms with E-state index < -0.39 is 0 Å². The van der Waals surface area contributed by atoms with Crippen molar-refractivity contribution in [2.75, 3.05) is 49.1 Å². The van der Waals surface area contributed by atoms with Crippen LogP contribution in [0.2, 0.25) is 0 Å². The molecule has 0 bridgehead atoms. The SMILES string of the molecule is CC1CN(c2ccc(CNC(=O)N3CCN(c4ccccc4)CC3)cc2F)CC(C)O1. The molecule has 2 heterocycles. The van der Waals surface area contributed by atoms with Crippen LogP contribution in [0.1, 0.15) is 19.4 Å². The summed E-state index contributed by atoms with van der Waals surface area (Å²) in [6, 6.07) is 15.3. The van der Waals surface area contributed by atoms with Crippen molar-refractivity contribution in [1.82, 2.24) is 10.2 Å². The molecule has 2 aliphatic heterocycles. The molecule has 6 nitrogen and oxygen atoms in total. The molecule has 2 aromatic rings. The molecule has 0 saturated carbocycles. The maximum atomic E-state index is 14.8. The summed E-state index contributed by atoms with van der Waals surface area (Å²) in [6.07, 6.45) is 0.147. The summed E-state index contributed by atoms with van der Waals surface area (Å²) < 4.78 is 20.5. The number of rotatable bonds is 4. The maximum Gasteiger partial charge on any atom is 0.317 e. The molecule has 2 unspecified atom stereocenters. The zero-order valence-electron chi connectivity index (χ0n) is 18.3. The van der Waals surface area contributed by atoms with Gasteiger partial charge in [0.25, 0.3) is 0 Å². The number of anilines is 2. The summed E-state index contributed by atoms with van der Waals surface area (Å²) in [5.41, 5.74) is 2.53. The van der Waals surface area contributed by atoms with Gasteiger partial charge in [0.05, 0.1) is 17.9 Å². The molecule has 7 heteroatoms. The fraction of sp³-hybridized carbons (Fsp3) is 0.458. The van der Waals surface area contributed by atoms with E-state index in [1.165, 1.54) is 11.8 Å². The van der Waals surface area contributed by atoms with Crippen molar-refractivity contribution in [3.05, 3.63) is 59.9 Å². The fourth-order valence-corrected chi connectivity index (χ4v) is 4.39. The van der Waals surface area contributed by atoms with E-state index in [0.29, 0.717) is 38.4 Å². The number of urea groups is 1. The van der Waals surface area contributed by atoms with Crippen LogP contribution in [0.3, 0.4) is 0 Å². The first kappa shape index (κ1) is 21.4. The van der Waals surface area contributed by atoms with Crippen LogP contribution in [0, 0.1) is 5.82 Å². The first-order valence-corrected chi connectivity index (χ1v) is 11.0. The number of carbonyl (C=O) groups excluding carboxylic acids is 1. The number of halogens is 1. The first-order chi connectivity index (χ1) is 15.0.